The van der Waals surface area contributed by atoms with E-state index in [-0.39, 0.29) is 0 Å². The molecule has 3 aromatic rings. The average Bonchev–Trinajstić information content (AvgIpc) is 2.94. The number of benzene rings is 1. The van der Waals surface area contributed by atoms with Crippen molar-refractivity contribution < 1.29 is 0 Å². The van der Waals surface area contributed by atoms with Crippen LogP contribution in [0.2, 0.25) is 5.02 Å². The minimum absolute atomic E-state index is 0.397. The molecule has 0 aliphatic carbocycles. The van der Waals surface area contributed by atoms with Crippen LogP contribution in [0.3, 0.4) is 0 Å². The molecule has 2 heterocycles. The van der Waals surface area contributed by atoms with E-state index < -0.39 is 0 Å². The van der Waals surface area contributed by atoms with Crippen LogP contribution in [0, 0.1) is 0 Å². The Labute approximate surface area is 127 Å². The highest BCUT2D eigenvalue weighted by Crippen LogP contribution is 2.27. The molecule has 2 aromatic heterocycles. The van der Waals surface area contributed by atoms with Crippen LogP contribution in [0.1, 0.15) is 19.5 Å². The lowest BCUT2D eigenvalue weighted by molar-refractivity contribution is 0.570. The number of nitrogens with one attached hydrogen (secondary N) is 1. The molecule has 108 valence electrons. The third-order valence-corrected chi connectivity index (χ3v) is 3.56. The molecule has 21 heavy (non-hydrogen) atoms. The maximum absolute atomic E-state index is 6.24. The van der Waals surface area contributed by atoms with Crippen LogP contribution in [-0.4, -0.2) is 26.0 Å². The predicted octanol–water partition coefficient (Wildman–Crippen LogP) is 2.97. The van der Waals surface area contributed by atoms with Gasteiger partial charge < -0.3 is 5.32 Å². The van der Waals surface area contributed by atoms with Crippen LogP contribution in [0.25, 0.3) is 16.6 Å². The molecule has 0 unspecified atom stereocenters. The summed E-state index contributed by atoms with van der Waals surface area (Å²) in [5.41, 5.74) is 2.69. The number of fused-ring (bicyclic) bond motifs is 1. The van der Waals surface area contributed by atoms with Crippen molar-refractivity contribution in [3.63, 3.8) is 0 Å². The van der Waals surface area contributed by atoms with Gasteiger partial charge >= 0.3 is 0 Å². The molecule has 0 spiro atoms. The van der Waals surface area contributed by atoms with Crippen LogP contribution in [0.4, 0.5) is 0 Å². The number of hydrogen-bond acceptors (Lipinski definition) is 4. The fourth-order valence-corrected chi connectivity index (χ4v) is 2.40. The Balaban J connectivity index is 2.09. The van der Waals surface area contributed by atoms with Gasteiger partial charge in [-0.05, 0) is 24.3 Å². The van der Waals surface area contributed by atoms with Gasteiger partial charge in [-0.15, -0.1) is 5.10 Å². The number of rotatable bonds is 4. The summed E-state index contributed by atoms with van der Waals surface area (Å²) in [7, 11) is 0. The second kappa shape index (κ2) is 5.79. The monoisotopic (exact) mass is 301 g/mol. The number of halogens is 1. The van der Waals surface area contributed by atoms with Crippen LogP contribution in [0.15, 0.2) is 36.7 Å². The van der Waals surface area contributed by atoms with Gasteiger partial charge in [-0.25, -0.2) is 4.68 Å². The highest BCUT2D eigenvalue weighted by Gasteiger charge is 2.12. The molecule has 6 heteroatoms. The highest BCUT2D eigenvalue weighted by atomic mass is 35.5. The van der Waals surface area contributed by atoms with E-state index >= 15 is 0 Å². The first-order valence-corrected chi connectivity index (χ1v) is 7.21. The zero-order chi connectivity index (χ0) is 14.8. The summed E-state index contributed by atoms with van der Waals surface area (Å²) in [4.78, 5) is 4.44. The molecule has 0 aliphatic rings. The van der Waals surface area contributed by atoms with Crippen molar-refractivity contribution in [1.29, 1.82) is 0 Å². The quantitative estimate of drug-likeness (QED) is 0.805. The molecular formula is C15H16ClN5. The van der Waals surface area contributed by atoms with Crippen LogP contribution >= 0.6 is 11.6 Å². The third kappa shape index (κ3) is 2.75. The van der Waals surface area contributed by atoms with Gasteiger partial charge in [0.25, 0.3) is 0 Å². The predicted molar refractivity (Wildman–Crippen MR) is 83.6 cm³/mol. The van der Waals surface area contributed by atoms with Gasteiger partial charge in [0.05, 0.1) is 28.1 Å². The molecule has 0 radical (unpaired) electrons. The van der Waals surface area contributed by atoms with Gasteiger partial charge in [-0.2, -0.15) is 0 Å². The van der Waals surface area contributed by atoms with E-state index in [4.69, 9.17) is 11.6 Å². The number of nitrogens with zero attached hydrogens (tertiary/aromatic N) is 4. The summed E-state index contributed by atoms with van der Waals surface area (Å²) in [6.45, 7) is 4.91. The van der Waals surface area contributed by atoms with E-state index in [1.165, 1.54) is 0 Å². The second-order valence-corrected chi connectivity index (χ2v) is 5.55. The Kier molecular flexibility index (Phi) is 3.86. The average molecular weight is 302 g/mol. The molecule has 3 rings (SSSR count). The Bertz CT molecular complexity index is 766. The molecule has 0 fully saturated rings. The zero-order valence-corrected chi connectivity index (χ0v) is 12.7. The lowest BCUT2D eigenvalue weighted by Gasteiger charge is -2.11. The minimum Gasteiger partial charge on any atom is -0.309 e. The van der Waals surface area contributed by atoms with E-state index in [0.29, 0.717) is 17.6 Å². The minimum atomic E-state index is 0.397. The molecule has 0 saturated carbocycles. The Hall–Kier alpha value is -1.98. The first-order chi connectivity index (χ1) is 10.2. The molecule has 0 bridgehead atoms. The third-order valence-electron chi connectivity index (χ3n) is 3.23. The standard InChI is InChI=1S/C15H16ClN5/c1-10(2)18-8-11-9-19-20-21(11)14-6-5-13(16)12-4-3-7-17-15(12)14/h3-7,9-10,18H,8H2,1-2H3. The summed E-state index contributed by atoms with van der Waals surface area (Å²) in [5, 5.41) is 13.2. The van der Waals surface area contributed by atoms with Crippen LogP contribution < -0.4 is 5.32 Å². The fraction of sp³-hybridized carbons (Fsp3) is 0.267. The normalized spacial score (nSPS) is 11.4. The van der Waals surface area contributed by atoms with Crippen molar-refractivity contribution >= 4 is 22.5 Å². The lowest BCUT2D eigenvalue weighted by atomic mass is 10.2. The number of aromatic nitrogens is 4. The molecule has 0 amide bonds. The van der Waals surface area contributed by atoms with Crippen molar-refractivity contribution in [2.75, 3.05) is 0 Å². The summed E-state index contributed by atoms with van der Waals surface area (Å²) in [6, 6.07) is 8.01. The van der Waals surface area contributed by atoms with Crippen molar-refractivity contribution in [2.24, 2.45) is 0 Å². The zero-order valence-electron chi connectivity index (χ0n) is 11.9. The summed E-state index contributed by atoms with van der Waals surface area (Å²) in [5.74, 6) is 0. The van der Waals surface area contributed by atoms with Crippen molar-refractivity contribution in [3.05, 3.63) is 47.4 Å². The van der Waals surface area contributed by atoms with Crippen molar-refractivity contribution in [1.82, 2.24) is 25.3 Å². The van der Waals surface area contributed by atoms with E-state index in [2.05, 4.69) is 34.5 Å². The van der Waals surface area contributed by atoms with Gasteiger partial charge in [-0.1, -0.05) is 30.7 Å². The maximum atomic E-state index is 6.24. The van der Waals surface area contributed by atoms with E-state index in [9.17, 15) is 0 Å². The molecule has 5 nitrogen and oxygen atoms in total. The smallest absolute Gasteiger partial charge is 0.0974 e. The van der Waals surface area contributed by atoms with Gasteiger partial charge in [0.1, 0.15) is 0 Å². The lowest BCUT2D eigenvalue weighted by Crippen LogP contribution is -2.23. The van der Waals surface area contributed by atoms with Crippen molar-refractivity contribution in [2.45, 2.75) is 26.4 Å². The summed E-state index contributed by atoms with van der Waals surface area (Å²) < 4.78 is 1.81. The molecule has 1 aromatic carbocycles. The maximum Gasteiger partial charge on any atom is 0.0974 e. The highest BCUT2D eigenvalue weighted by molar-refractivity contribution is 6.35. The molecule has 0 saturated heterocycles. The van der Waals surface area contributed by atoms with Crippen LogP contribution in [0.5, 0.6) is 0 Å². The Morgan fingerprint density at radius 2 is 2.14 bits per heavy atom. The largest absolute Gasteiger partial charge is 0.309 e. The fourth-order valence-electron chi connectivity index (χ4n) is 2.18. The summed E-state index contributed by atoms with van der Waals surface area (Å²) in [6.07, 6.45) is 3.52. The molecule has 0 aliphatic heterocycles. The molecular weight excluding hydrogens is 286 g/mol. The van der Waals surface area contributed by atoms with E-state index in [1.54, 1.807) is 17.1 Å². The van der Waals surface area contributed by atoms with Gasteiger partial charge in [-0.3, -0.25) is 4.98 Å². The van der Waals surface area contributed by atoms with E-state index in [1.807, 2.05) is 24.3 Å². The van der Waals surface area contributed by atoms with Gasteiger partial charge in [0, 0.05) is 24.2 Å². The number of pyridine rings is 1. The first-order valence-electron chi connectivity index (χ1n) is 6.83. The first kappa shape index (κ1) is 14.0. The second-order valence-electron chi connectivity index (χ2n) is 5.14. The topological polar surface area (TPSA) is 55.6 Å². The van der Waals surface area contributed by atoms with Crippen molar-refractivity contribution in [3.8, 4) is 5.69 Å². The van der Waals surface area contributed by atoms with Gasteiger partial charge in [0.2, 0.25) is 0 Å². The van der Waals surface area contributed by atoms with E-state index in [0.717, 1.165) is 22.3 Å². The molecule has 0 atom stereocenters. The van der Waals surface area contributed by atoms with Gasteiger partial charge in [0.15, 0.2) is 0 Å². The Morgan fingerprint density at radius 1 is 1.29 bits per heavy atom. The summed E-state index contributed by atoms with van der Waals surface area (Å²) >= 11 is 6.24. The van der Waals surface area contributed by atoms with Crippen LogP contribution in [-0.2, 0) is 6.54 Å². The SMILES string of the molecule is CC(C)NCc1cnnn1-c1ccc(Cl)c2cccnc12. The molecule has 1 N–H and O–H groups in total. The Morgan fingerprint density at radius 3 is 2.95 bits per heavy atom. The number of hydrogen-bond donors (Lipinski definition) is 1.